The standard InChI is InChI=1S/C15H14BrNO2S/c16-13-7-10(15(18)19)1-2-11(13)8-17-5-3-14-12(9-17)4-6-20-14/h1-2,4,6-7H,3,5,8-9H2,(H,18,19). The first kappa shape index (κ1) is 13.8. The average Bonchev–Trinajstić information content (AvgIpc) is 2.88. The highest BCUT2D eigenvalue weighted by atomic mass is 79.9. The molecule has 0 atom stereocenters. The molecule has 0 spiro atoms. The number of carboxylic acid groups (broad SMARTS) is 1. The molecule has 1 aliphatic rings. The monoisotopic (exact) mass is 351 g/mol. The summed E-state index contributed by atoms with van der Waals surface area (Å²) in [5.74, 6) is -0.891. The SMILES string of the molecule is O=C(O)c1ccc(CN2CCc3sccc3C2)c(Br)c1. The Labute approximate surface area is 130 Å². The maximum Gasteiger partial charge on any atom is 0.335 e. The molecule has 0 unspecified atom stereocenters. The van der Waals surface area contributed by atoms with Crippen LogP contribution in [0.2, 0.25) is 0 Å². The molecule has 1 aliphatic heterocycles. The molecule has 2 aromatic rings. The fourth-order valence-corrected chi connectivity index (χ4v) is 3.89. The lowest BCUT2D eigenvalue weighted by atomic mass is 10.1. The van der Waals surface area contributed by atoms with Gasteiger partial charge in [0.15, 0.2) is 0 Å². The second-order valence-electron chi connectivity index (χ2n) is 4.94. The summed E-state index contributed by atoms with van der Waals surface area (Å²) in [7, 11) is 0. The largest absolute Gasteiger partial charge is 0.478 e. The van der Waals surface area contributed by atoms with Gasteiger partial charge in [-0.3, -0.25) is 4.90 Å². The Morgan fingerprint density at radius 3 is 3.00 bits per heavy atom. The highest BCUT2D eigenvalue weighted by Gasteiger charge is 2.18. The van der Waals surface area contributed by atoms with Crippen LogP contribution >= 0.6 is 27.3 Å². The Kier molecular flexibility index (Phi) is 3.92. The van der Waals surface area contributed by atoms with E-state index in [1.54, 1.807) is 12.1 Å². The van der Waals surface area contributed by atoms with Gasteiger partial charge in [0.25, 0.3) is 0 Å². The molecule has 2 heterocycles. The Bertz CT molecular complexity index is 653. The molecule has 0 fully saturated rings. The van der Waals surface area contributed by atoms with Gasteiger partial charge >= 0.3 is 5.97 Å². The number of rotatable bonds is 3. The Hall–Kier alpha value is -1.17. The normalized spacial score (nSPS) is 15.1. The molecule has 20 heavy (non-hydrogen) atoms. The summed E-state index contributed by atoms with van der Waals surface area (Å²) in [6, 6.07) is 7.45. The number of nitrogens with zero attached hydrogens (tertiary/aromatic N) is 1. The second kappa shape index (κ2) is 5.68. The number of fused-ring (bicyclic) bond motifs is 1. The van der Waals surface area contributed by atoms with Crippen LogP contribution in [0.1, 0.15) is 26.4 Å². The van der Waals surface area contributed by atoms with Gasteiger partial charge in [0.05, 0.1) is 5.56 Å². The van der Waals surface area contributed by atoms with E-state index < -0.39 is 5.97 Å². The molecule has 0 bridgehead atoms. The van der Waals surface area contributed by atoms with Crippen LogP contribution in [0.5, 0.6) is 0 Å². The molecule has 1 N–H and O–H groups in total. The van der Waals surface area contributed by atoms with Gasteiger partial charge < -0.3 is 5.11 Å². The third-order valence-electron chi connectivity index (χ3n) is 3.58. The van der Waals surface area contributed by atoms with Crippen LogP contribution in [0.3, 0.4) is 0 Å². The Morgan fingerprint density at radius 1 is 1.40 bits per heavy atom. The van der Waals surface area contributed by atoms with Crippen LogP contribution in [-0.4, -0.2) is 22.5 Å². The third kappa shape index (κ3) is 2.80. The summed E-state index contributed by atoms with van der Waals surface area (Å²) in [4.78, 5) is 14.8. The van der Waals surface area contributed by atoms with Gasteiger partial charge in [0.1, 0.15) is 0 Å². The molecule has 3 nitrogen and oxygen atoms in total. The quantitative estimate of drug-likeness (QED) is 0.914. The molecular weight excluding hydrogens is 338 g/mol. The minimum Gasteiger partial charge on any atom is -0.478 e. The molecule has 5 heteroatoms. The van der Waals surface area contributed by atoms with Crippen LogP contribution in [0.25, 0.3) is 0 Å². The van der Waals surface area contributed by atoms with E-state index in [2.05, 4.69) is 32.3 Å². The molecule has 0 amide bonds. The van der Waals surface area contributed by atoms with Gasteiger partial charge in [-0.1, -0.05) is 22.0 Å². The van der Waals surface area contributed by atoms with Crippen molar-refractivity contribution in [2.24, 2.45) is 0 Å². The molecule has 1 aromatic carbocycles. The van der Waals surface area contributed by atoms with Crippen molar-refractivity contribution in [2.75, 3.05) is 6.54 Å². The summed E-state index contributed by atoms with van der Waals surface area (Å²) >= 11 is 5.32. The zero-order chi connectivity index (χ0) is 14.1. The lowest BCUT2D eigenvalue weighted by Gasteiger charge is -2.27. The van der Waals surface area contributed by atoms with E-state index in [0.717, 1.165) is 36.1 Å². The first-order valence-corrected chi connectivity index (χ1v) is 8.10. The van der Waals surface area contributed by atoms with Crippen molar-refractivity contribution in [1.82, 2.24) is 4.90 Å². The summed E-state index contributed by atoms with van der Waals surface area (Å²) < 4.78 is 0.869. The Morgan fingerprint density at radius 2 is 2.25 bits per heavy atom. The summed E-state index contributed by atoms with van der Waals surface area (Å²) in [5.41, 5.74) is 2.88. The minimum atomic E-state index is -0.891. The molecule has 0 saturated heterocycles. The third-order valence-corrected chi connectivity index (χ3v) is 5.34. The first-order chi connectivity index (χ1) is 9.63. The molecular formula is C15H14BrNO2S. The highest BCUT2D eigenvalue weighted by Crippen LogP contribution is 2.27. The van der Waals surface area contributed by atoms with Crippen molar-refractivity contribution >= 4 is 33.2 Å². The van der Waals surface area contributed by atoms with Crippen molar-refractivity contribution in [3.05, 3.63) is 55.7 Å². The van der Waals surface area contributed by atoms with Crippen LogP contribution < -0.4 is 0 Å². The topological polar surface area (TPSA) is 40.5 Å². The van der Waals surface area contributed by atoms with Gasteiger partial charge in [0, 0.05) is 29.0 Å². The van der Waals surface area contributed by atoms with Crippen LogP contribution in [0, 0.1) is 0 Å². The van der Waals surface area contributed by atoms with E-state index in [0.29, 0.717) is 5.56 Å². The average molecular weight is 352 g/mol. The van der Waals surface area contributed by atoms with E-state index in [1.165, 1.54) is 10.4 Å². The molecule has 0 aliphatic carbocycles. The van der Waals surface area contributed by atoms with Crippen molar-refractivity contribution < 1.29 is 9.90 Å². The van der Waals surface area contributed by atoms with Gasteiger partial charge in [-0.05, 0) is 41.1 Å². The number of carbonyl (C=O) groups is 1. The molecule has 104 valence electrons. The number of halogens is 1. The highest BCUT2D eigenvalue weighted by molar-refractivity contribution is 9.10. The van der Waals surface area contributed by atoms with Gasteiger partial charge in [-0.15, -0.1) is 11.3 Å². The smallest absolute Gasteiger partial charge is 0.335 e. The lowest BCUT2D eigenvalue weighted by Crippen LogP contribution is -2.29. The van der Waals surface area contributed by atoms with Crippen LogP contribution in [-0.2, 0) is 19.5 Å². The minimum absolute atomic E-state index is 0.319. The summed E-state index contributed by atoms with van der Waals surface area (Å²) in [6.45, 7) is 2.88. The maximum absolute atomic E-state index is 10.9. The number of thiophene rings is 1. The zero-order valence-corrected chi connectivity index (χ0v) is 13.2. The summed E-state index contributed by atoms with van der Waals surface area (Å²) in [6.07, 6.45) is 1.11. The predicted molar refractivity (Wildman–Crippen MR) is 83.2 cm³/mol. The van der Waals surface area contributed by atoms with E-state index in [-0.39, 0.29) is 0 Å². The van der Waals surface area contributed by atoms with Crippen molar-refractivity contribution in [3.8, 4) is 0 Å². The number of benzene rings is 1. The number of hydrogen-bond acceptors (Lipinski definition) is 3. The zero-order valence-electron chi connectivity index (χ0n) is 10.8. The second-order valence-corrected chi connectivity index (χ2v) is 6.80. The molecule has 0 radical (unpaired) electrons. The Balaban J connectivity index is 1.74. The predicted octanol–water partition coefficient (Wildman–Crippen LogP) is 3.77. The number of carboxylic acids is 1. The molecule has 3 rings (SSSR count). The van der Waals surface area contributed by atoms with Crippen LogP contribution in [0.15, 0.2) is 34.1 Å². The maximum atomic E-state index is 10.9. The van der Waals surface area contributed by atoms with E-state index in [1.807, 2.05) is 17.4 Å². The first-order valence-electron chi connectivity index (χ1n) is 6.43. The lowest BCUT2D eigenvalue weighted by molar-refractivity contribution is 0.0697. The van der Waals surface area contributed by atoms with Gasteiger partial charge in [0.2, 0.25) is 0 Å². The molecule has 0 saturated carbocycles. The van der Waals surface area contributed by atoms with Crippen LogP contribution in [0.4, 0.5) is 0 Å². The van der Waals surface area contributed by atoms with Crippen molar-refractivity contribution in [3.63, 3.8) is 0 Å². The number of hydrogen-bond donors (Lipinski definition) is 1. The van der Waals surface area contributed by atoms with Gasteiger partial charge in [-0.2, -0.15) is 0 Å². The summed E-state index contributed by atoms with van der Waals surface area (Å²) in [5, 5.41) is 11.1. The van der Waals surface area contributed by atoms with E-state index >= 15 is 0 Å². The van der Waals surface area contributed by atoms with Crippen molar-refractivity contribution in [1.29, 1.82) is 0 Å². The van der Waals surface area contributed by atoms with Crippen molar-refractivity contribution in [2.45, 2.75) is 19.5 Å². The fraction of sp³-hybridized carbons (Fsp3) is 0.267. The van der Waals surface area contributed by atoms with Gasteiger partial charge in [-0.25, -0.2) is 4.79 Å². The molecule has 1 aromatic heterocycles. The fourth-order valence-electron chi connectivity index (χ4n) is 2.49. The van der Waals surface area contributed by atoms with E-state index in [9.17, 15) is 4.79 Å². The van der Waals surface area contributed by atoms with E-state index in [4.69, 9.17) is 5.11 Å². The number of aromatic carboxylic acids is 1.